The molecule has 0 N–H and O–H groups in total. The smallest absolute Gasteiger partial charge is 0.269 e. The van der Waals surface area contributed by atoms with Crippen LogP contribution in [0.3, 0.4) is 0 Å². The van der Waals surface area contributed by atoms with Crippen LogP contribution in [-0.2, 0) is 14.4 Å². The molecule has 9 heteroatoms. The summed E-state index contributed by atoms with van der Waals surface area (Å²) in [6.45, 7) is 0. The predicted octanol–water partition coefficient (Wildman–Crippen LogP) is 3.71. The van der Waals surface area contributed by atoms with Crippen molar-refractivity contribution in [2.75, 3.05) is 9.96 Å². The molecular weight excluding hydrogens is 406 g/mol. The van der Waals surface area contributed by atoms with Gasteiger partial charge in [0.2, 0.25) is 5.91 Å². The van der Waals surface area contributed by atoms with Crippen LogP contribution in [0.25, 0.3) is 0 Å². The van der Waals surface area contributed by atoms with E-state index in [0.29, 0.717) is 5.69 Å². The number of amides is 2. The van der Waals surface area contributed by atoms with Crippen LogP contribution in [-0.4, -0.2) is 22.8 Å². The van der Waals surface area contributed by atoms with E-state index in [4.69, 9.17) is 4.84 Å². The molecule has 3 atom stereocenters. The van der Waals surface area contributed by atoms with Gasteiger partial charge in [0.15, 0.2) is 6.10 Å². The number of nitrogens with zero attached hydrogens (tertiary/aromatic N) is 3. The summed E-state index contributed by atoms with van der Waals surface area (Å²) in [5, 5.41) is 14.5. The highest BCUT2D eigenvalue weighted by atomic mass is 32.1. The lowest BCUT2D eigenvalue weighted by atomic mass is 9.95. The number of hydrogen-bond donors (Lipinski definition) is 0. The number of imide groups is 1. The quantitative estimate of drug-likeness (QED) is 0.362. The maximum absolute atomic E-state index is 13.4. The Morgan fingerprint density at radius 3 is 2.27 bits per heavy atom. The van der Waals surface area contributed by atoms with Gasteiger partial charge in [0, 0.05) is 17.0 Å². The zero-order valence-electron chi connectivity index (χ0n) is 15.5. The van der Waals surface area contributed by atoms with E-state index in [1.165, 1.54) is 35.6 Å². The van der Waals surface area contributed by atoms with Gasteiger partial charge in [-0.2, -0.15) is 0 Å². The molecule has 2 saturated heterocycles. The zero-order chi connectivity index (χ0) is 20.8. The highest BCUT2D eigenvalue weighted by Gasteiger charge is 2.60. The molecule has 0 aliphatic carbocycles. The minimum Gasteiger partial charge on any atom is -0.273 e. The number of nitro benzene ring substituents is 1. The maximum Gasteiger partial charge on any atom is 0.269 e. The van der Waals surface area contributed by atoms with Crippen LogP contribution in [0, 0.1) is 16.0 Å². The van der Waals surface area contributed by atoms with Gasteiger partial charge in [-0.05, 0) is 35.7 Å². The van der Waals surface area contributed by atoms with E-state index in [1.54, 1.807) is 5.06 Å². The number of carbonyl (C=O) groups excluding carboxylic acids is 2. The molecule has 2 aromatic carbocycles. The number of fused-ring (bicyclic) bond motifs is 1. The van der Waals surface area contributed by atoms with E-state index < -0.39 is 28.9 Å². The summed E-state index contributed by atoms with van der Waals surface area (Å²) in [4.78, 5) is 44.9. The third-order valence-corrected chi connectivity index (χ3v) is 6.22. The molecule has 150 valence electrons. The molecule has 0 saturated carbocycles. The van der Waals surface area contributed by atoms with Crippen molar-refractivity contribution in [3.8, 4) is 0 Å². The number of hydrogen-bond acceptors (Lipinski definition) is 7. The number of para-hydroxylation sites is 1. The van der Waals surface area contributed by atoms with Gasteiger partial charge in [-0.3, -0.25) is 24.5 Å². The van der Waals surface area contributed by atoms with E-state index in [1.807, 2.05) is 47.8 Å². The van der Waals surface area contributed by atoms with Crippen molar-refractivity contribution in [1.29, 1.82) is 0 Å². The summed E-state index contributed by atoms with van der Waals surface area (Å²) < 4.78 is 0. The second kappa shape index (κ2) is 7.05. The fraction of sp³-hybridized carbons (Fsp3) is 0.143. The first-order valence-electron chi connectivity index (χ1n) is 9.23. The second-order valence-corrected chi connectivity index (χ2v) is 7.94. The SMILES string of the molecule is O=C1[C@@H]2[C@H](ON(c3ccccc3)[C@H]2c2cccs2)C(=O)N1c1ccc([N+](=O)[O-])cc1. The number of rotatable bonds is 4. The van der Waals surface area contributed by atoms with Crippen molar-refractivity contribution in [2.45, 2.75) is 12.1 Å². The molecule has 8 nitrogen and oxygen atoms in total. The minimum atomic E-state index is -0.958. The van der Waals surface area contributed by atoms with E-state index >= 15 is 0 Å². The summed E-state index contributed by atoms with van der Waals surface area (Å²) in [6, 6.07) is 18.1. The van der Waals surface area contributed by atoms with Gasteiger partial charge in [0.25, 0.3) is 11.6 Å². The zero-order valence-corrected chi connectivity index (χ0v) is 16.3. The average Bonchev–Trinajstić information content (AvgIpc) is 3.46. The Morgan fingerprint density at radius 1 is 0.900 bits per heavy atom. The van der Waals surface area contributed by atoms with Gasteiger partial charge in [-0.25, -0.2) is 9.96 Å². The van der Waals surface area contributed by atoms with E-state index in [2.05, 4.69) is 0 Å². The Balaban J connectivity index is 1.53. The maximum atomic E-state index is 13.4. The fourth-order valence-corrected chi connectivity index (χ4v) is 4.79. The van der Waals surface area contributed by atoms with Crippen molar-refractivity contribution in [3.05, 3.63) is 87.1 Å². The number of nitro groups is 1. The van der Waals surface area contributed by atoms with Gasteiger partial charge in [0.1, 0.15) is 12.0 Å². The van der Waals surface area contributed by atoms with Crippen molar-refractivity contribution in [3.63, 3.8) is 0 Å². The Morgan fingerprint density at radius 2 is 1.63 bits per heavy atom. The largest absolute Gasteiger partial charge is 0.273 e. The molecule has 2 fully saturated rings. The van der Waals surface area contributed by atoms with Crippen molar-refractivity contribution < 1.29 is 19.3 Å². The molecule has 3 aromatic rings. The second-order valence-electron chi connectivity index (χ2n) is 6.96. The Bertz CT molecular complexity index is 1120. The first kappa shape index (κ1) is 18.5. The van der Waals surface area contributed by atoms with Crippen LogP contribution < -0.4 is 9.96 Å². The summed E-state index contributed by atoms with van der Waals surface area (Å²) in [5.41, 5.74) is 0.943. The summed E-state index contributed by atoms with van der Waals surface area (Å²) in [7, 11) is 0. The molecule has 0 spiro atoms. The summed E-state index contributed by atoms with van der Waals surface area (Å²) >= 11 is 1.49. The minimum absolute atomic E-state index is 0.110. The van der Waals surface area contributed by atoms with Crippen LogP contribution in [0.4, 0.5) is 17.1 Å². The average molecular weight is 421 g/mol. The molecule has 3 heterocycles. The van der Waals surface area contributed by atoms with Gasteiger partial charge in [0.05, 0.1) is 16.3 Å². The highest BCUT2D eigenvalue weighted by Crippen LogP contribution is 2.48. The lowest BCUT2D eigenvalue weighted by molar-refractivity contribution is -0.384. The Hall–Kier alpha value is -3.56. The molecule has 1 aromatic heterocycles. The molecule has 2 amide bonds. The Kier molecular flexibility index (Phi) is 4.34. The molecule has 0 unspecified atom stereocenters. The molecular formula is C21H15N3O5S. The fourth-order valence-electron chi connectivity index (χ4n) is 3.94. The van der Waals surface area contributed by atoms with Gasteiger partial charge >= 0.3 is 0 Å². The van der Waals surface area contributed by atoms with Gasteiger partial charge < -0.3 is 0 Å². The molecule has 5 rings (SSSR count). The number of thiophene rings is 1. The summed E-state index contributed by atoms with van der Waals surface area (Å²) in [5.74, 6) is -1.57. The van der Waals surface area contributed by atoms with Crippen LogP contribution >= 0.6 is 11.3 Å². The summed E-state index contributed by atoms with van der Waals surface area (Å²) in [6.07, 6.45) is -0.958. The molecule has 0 bridgehead atoms. The van der Waals surface area contributed by atoms with E-state index in [9.17, 15) is 19.7 Å². The van der Waals surface area contributed by atoms with Gasteiger partial charge in [-0.15, -0.1) is 11.3 Å². The number of non-ortho nitro benzene ring substituents is 1. The van der Waals surface area contributed by atoms with Crippen molar-refractivity contribution >= 4 is 40.2 Å². The molecule has 2 aliphatic rings. The number of anilines is 2. The topological polar surface area (TPSA) is 93.0 Å². The predicted molar refractivity (Wildman–Crippen MR) is 110 cm³/mol. The van der Waals surface area contributed by atoms with Crippen molar-refractivity contribution in [2.24, 2.45) is 5.92 Å². The first-order valence-corrected chi connectivity index (χ1v) is 10.1. The first-order chi connectivity index (χ1) is 14.6. The van der Waals surface area contributed by atoms with E-state index in [-0.39, 0.29) is 11.6 Å². The number of carbonyl (C=O) groups is 2. The molecule has 30 heavy (non-hydrogen) atoms. The van der Waals surface area contributed by atoms with E-state index in [0.717, 1.165) is 15.5 Å². The molecule has 0 radical (unpaired) electrons. The normalized spacial score (nSPS) is 23.1. The Labute approximate surface area is 175 Å². The van der Waals surface area contributed by atoms with Crippen LogP contribution in [0.15, 0.2) is 72.1 Å². The monoisotopic (exact) mass is 421 g/mol. The van der Waals surface area contributed by atoms with Crippen LogP contribution in [0.1, 0.15) is 10.9 Å². The lowest BCUT2D eigenvalue weighted by Gasteiger charge is -2.27. The third kappa shape index (κ3) is 2.78. The standard InChI is InChI=1S/C21H15N3O5S/c25-20-17-18(16-7-4-12-30-16)23(14-5-2-1-3-6-14)29-19(17)21(26)22(20)13-8-10-15(11-9-13)24(27)28/h1-12,17-19H/t17-,18-,19-/m0/s1. The molecule has 2 aliphatic heterocycles. The van der Waals surface area contributed by atoms with Crippen LogP contribution in [0.2, 0.25) is 0 Å². The lowest BCUT2D eigenvalue weighted by Crippen LogP contribution is -2.37. The highest BCUT2D eigenvalue weighted by molar-refractivity contribution is 7.10. The number of hydroxylamine groups is 1. The van der Waals surface area contributed by atoms with Crippen LogP contribution in [0.5, 0.6) is 0 Å². The van der Waals surface area contributed by atoms with Crippen molar-refractivity contribution in [1.82, 2.24) is 0 Å². The van der Waals surface area contributed by atoms with Gasteiger partial charge in [-0.1, -0.05) is 24.3 Å². The number of benzene rings is 2. The third-order valence-electron chi connectivity index (χ3n) is 5.28.